The van der Waals surface area contributed by atoms with E-state index < -0.39 is 53.7 Å². The summed E-state index contributed by atoms with van der Waals surface area (Å²) in [5.74, 6) is -2.59. The van der Waals surface area contributed by atoms with E-state index in [1.54, 1.807) is 57.2 Å². The van der Waals surface area contributed by atoms with E-state index in [-0.39, 0.29) is 35.9 Å². The average Bonchev–Trinajstić information content (AvgIpc) is 3.04. The van der Waals surface area contributed by atoms with Crippen LogP contribution in [0.15, 0.2) is 71.5 Å². The van der Waals surface area contributed by atoms with Crippen molar-refractivity contribution in [2.75, 3.05) is 7.11 Å². The van der Waals surface area contributed by atoms with E-state index in [1.807, 2.05) is 6.08 Å². The Hall–Kier alpha value is -3.89. The molecule has 0 saturated heterocycles. The zero-order valence-electron chi connectivity index (χ0n) is 27.3. The van der Waals surface area contributed by atoms with Crippen molar-refractivity contribution < 1.29 is 38.6 Å². The van der Waals surface area contributed by atoms with Gasteiger partial charge in [-0.2, -0.15) is 0 Å². The number of Topliss-reactive ketones (excluding diaryl/α,β-unsaturated/α-hetero) is 1. The highest BCUT2D eigenvalue weighted by molar-refractivity contribution is 6.21. The third-order valence-corrected chi connectivity index (χ3v) is 8.65. The molecule has 46 heavy (non-hydrogen) atoms. The summed E-state index contributed by atoms with van der Waals surface area (Å²) < 4.78 is 11.3. The van der Waals surface area contributed by atoms with Crippen molar-refractivity contribution in [2.24, 2.45) is 11.8 Å². The van der Waals surface area contributed by atoms with Gasteiger partial charge in [0.1, 0.15) is 12.1 Å². The van der Waals surface area contributed by atoms with Crippen molar-refractivity contribution in [1.82, 2.24) is 10.6 Å². The first kappa shape index (κ1) is 36.6. The number of carbonyl (C=O) groups is 5. The summed E-state index contributed by atoms with van der Waals surface area (Å²) in [5.41, 5.74) is 0.803. The lowest BCUT2D eigenvalue weighted by Crippen LogP contribution is -2.45. The highest BCUT2D eigenvalue weighted by atomic mass is 16.5. The number of carbonyl (C=O) groups excluding carboxylic acids is 5. The molecule has 0 aromatic rings. The highest BCUT2D eigenvalue weighted by Gasteiger charge is 2.31. The summed E-state index contributed by atoms with van der Waals surface area (Å²) in [7, 11) is 1.47. The molecule has 0 aromatic heterocycles. The molecule has 1 saturated carbocycles. The minimum atomic E-state index is -0.968. The molecule has 2 amide bonds. The molecule has 250 valence electrons. The van der Waals surface area contributed by atoms with Crippen molar-refractivity contribution in [3.63, 3.8) is 0 Å². The maximum atomic E-state index is 13.1. The fourth-order valence-electron chi connectivity index (χ4n) is 5.73. The molecule has 1 fully saturated rings. The minimum Gasteiger partial charge on any atom is -0.460 e. The monoisotopic (exact) mass is 636 g/mol. The predicted molar refractivity (Wildman–Crippen MR) is 174 cm³/mol. The molecule has 4 unspecified atom stereocenters. The minimum absolute atomic E-state index is 0.0567. The van der Waals surface area contributed by atoms with E-state index in [4.69, 9.17) is 9.47 Å². The molecule has 10 nitrogen and oxygen atoms in total. The Kier molecular flexibility index (Phi) is 14.6. The first-order chi connectivity index (χ1) is 22.0. The van der Waals surface area contributed by atoms with Gasteiger partial charge in [-0.1, -0.05) is 68.7 Å². The van der Waals surface area contributed by atoms with Gasteiger partial charge in [0.15, 0.2) is 5.78 Å². The molecule has 2 bridgehead atoms. The van der Waals surface area contributed by atoms with Crippen LogP contribution in [0, 0.1) is 11.8 Å². The van der Waals surface area contributed by atoms with Crippen LogP contribution in [0.2, 0.25) is 0 Å². The summed E-state index contributed by atoms with van der Waals surface area (Å²) in [6, 6.07) is -0.840. The summed E-state index contributed by atoms with van der Waals surface area (Å²) in [5, 5.41) is 16.6. The van der Waals surface area contributed by atoms with Crippen LogP contribution in [0.4, 0.5) is 0 Å². The van der Waals surface area contributed by atoms with Gasteiger partial charge in [-0.3, -0.25) is 19.2 Å². The van der Waals surface area contributed by atoms with Gasteiger partial charge in [-0.15, -0.1) is 0 Å². The topological polar surface area (TPSA) is 148 Å². The Bertz CT molecular complexity index is 1310. The molecule has 3 rings (SSSR count). The van der Waals surface area contributed by atoms with Crippen LogP contribution in [-0.2, 0) is 33.4 Å². The SMILES string of the molecule is COC1\C=C/C=C/C=C/CC(OC(=O)[C@@H](C)NC(=O)C2CCCCC2)C(C)C(O)/C(C)=C\CCC2=CC(=O)C=C(NC(=O)C1)C2=O. The van der Waals surface area contributed by atoms with Gasteiger partial charge in [-0.05, 0) is 51.2 Å². The molecule has 2 aliphatic carbocycles. The molecular weight excluding hydrogens is 588 g/mol. The second-order valence-corrected chi connectivity index (χ2v) is 12.3. The zero-order valence-corrected chi connectivity index (χ0v) is 27.3. The molecule has 10 heteroatoms. The summed E-state index contributed by atoms with van der Waals surface area (Å²) in [6.45, 7) is 5.16. The number of rotatable bonds is 5. The van der Waals surface area contributed by atoms with Crippen LogP contribution in [0.5, 0.6) is 0 Å². The van der Waals surface area contributed by atoms with Gasteiger partial charge >= 0.3 is 5.97 Å². The van der Waals surface area contributed by atoms with Crippen molar-refractivity contribution in [3.05, 3.63) is 71.5 Å². The summed E-state index contributed by atoms with van der Waals surface area (Å²) >= 11 is 0. The smallest absolute Gasteiger partial charge is 0.328 e. The van der Waals surface area contributed by atoms with Crippen molar-refractivity contribution in [1.29, 1.82) is 0 Å². The van der Waals surface area contributed by atoms with E-state index in [1.165, 1.54) is 13.2 Å². The Labute approximate surface area is 271 Å². The fourth-order valence-corrected chi connectivity index (χ4v) is 5.73. The van der Waals surface area contributed by atoms with Crippen LogP contribution < -0.4 is 10.6 Å². The second-order valence-electron chi connectivity index (χ2n) is 12.3. The number of aliphatic hydroxyl groups is 1. The lowest BCUT2D eigenvalue weighted by Gasteiger charge is -2.29. The fraction of sp³-hybridized carbons (Fsp3) is 0.528. The van der Waals surface area contributed by atoms with Crippen molar-refractivity contribution >= 4 is 29.4 Å². The van der Waals surface area contributed by atoms with E-state index in [2.05, 4.69) is 10.6 Å². The Balaban J connectivity index is 1.79. The number of ketones is 2. The molecular formula is C36H48N2O8. The first-order valence-corrected chi connectivity index (χ1v) is 16.2. The summed E-state index contributed by atoms with van der Waals surface area (Å²) in [4.78, 5) is 63.8. The van der Waals surface area contributed by atoms with E-state index in [0.29, 0.717) is 18.4 Å². The predicted octanol–water partition coefficient (Wildman–Crippen LogP) is 4.26. The Morgan fingerprint density at radius 1 is 1.04 bits per heavy atom. The Morgan fingerprint density at radius 3 is 2.48 bits per heavy atom. The Morgan fingerprint density at radius 2 is 1.76 bits per heavy atom. The number of fused-ring (bicyclic) bond motifs is 2. The van der Waals surface area contributed by atoms with Crippen LogP contribution in [0.1, 0.15) is 78.6 Å². The van der Waals surface area contributed by atoms with Crippen molar-refractivity contribution in [3.8, 4) is 0 Å². The number of methoxy groups -OCH3 is 1. The van der Waals surface area contributed by atoms with Gasteiger partial charge in [0, 0.05) is 37.0 Å². The third kappa shape index (κ3) is 11.2. The number of nitrogens with one attached hydrogen (secondary N) is 2. The molecule has 1 aliphatic heterocycles. The zero-order chi connectivity index (χ0) is 33.6. The highest BCUT2D eigenvalue weighted by Crippen LogP contribution is 2.25. The van der Waals surface area contributed by atoms with Crippen LogP contribution in [0.25, 0.3) is 0 Å². The van der Waals surface area contributed by atoms with Crippen LogP contribution in [-0.4, -0.2) is 65.9 Å². The molecule has 1 heterocycles. The molecule has 0 spiro atoms. The number of esters is 1. The molecule has 3 N–H and O–H groups in total. The molecule has 3 aliphatic rings. The maximum Gasteiger partial charge on any atom is 0.328 e. The first-order valence-electron chi connectivity index (χ1n) is 16.2. The van der Waals surface area contributed by atoms with E-state index in [9.17, 15) is 29.1 Å². The quantitative estimate of drug-likeness (QED) is 0.230. The van der Waals surface area contributed by atoms with Gasteiger partial charge in [0.05, 0.1) is 24.3 Å². The molecule has 5 atom stereocenters. The van der Waals surface area contributed by atoms with Gasteiger partial charge in [0.2, 0.25) is 17.6 Å². The largest absolute Gasteiger partial charge is 0.460 e. The van der Waals surface area contributed by atoms with E-state index in [0.717, 1.165) is 38.2 Å². The standard InChI is InChI=1S/C36H48N2O8/c1-23-14-13-17-27-20-28(39)21-30(34(27)42)38-32(40)22-29(45-4)18-11-6-5-7-12-19-31(24(2)33(23)41)46-36(44)25(3)37-35(43)26-15-9-8-10-16-26/h5-7,11-12,14,18,20-21,24-26,29,31,33,41H,8-10,13,15-17,19,22H2,1-4H3,(H,37,43)(H,38,40)/b6-5+,12-7+,18-11-,23-14-/t24?,25-,29?,31?,33?/m1/s1. The van der Waals surface area contributed by atoms with Gasteiger partial charge in [0.25, 0.3) is 0 Å². The van der Waals surface area contributed by atoms with Crippen LogP contribution in [0.3, 0.4) is 0 Å². The average molecular weight is 637 g/mol. The number of hydrogen-bond acceptors (Lipinski definition) is 8. The number of amides is 2. The second kappa shape index (κ2) is 18.3. The molecule has 0 aromatic carbocycles. The number of ether oxygens (including phenoxy) is 2. The lowest BCUT2D eigenvalue weighted by molar-refractivity contribution is -0.156. The summed E-state index contributed by atoms with van der Waals surface area (Å²) in [6.07, 6.45) is 18.1. The maximum absolute atomic E-state index is 13.1. The van der Waals surface area contributed by atoms with Crippen LogP contribution >= 0.6 is 0 Å². The third-order valence-electron chi connectivity index (χ3n) is 8.65. The van der Waals surface area contributed by atoms with Crippen molar-refractivity contribution in [2.45, 2.75) is 103 Å². The number of allylic oxidation sites excluding steroid dienone is 8. The number of aliphatic hydroxyl groups excluding tert-OH is 1. The van der Waals surface area contributed by atoms with Gasteiger partial charge in [-0.25, -0.2) is 4.79 Å². The number of hydrogen-bond donors (Lipinski definition) is 3. The lowest BCUT2D eigenvalue weighted by atomic mass is 9.88. The van der Waals surface area contributed by atoms with Gasteiger partial charge < -0.3 is 25.2 Å². The molecule has 0 radical (unpaired) electrons. The van der Waals surface area contributed by atoms with E-state index >= 15 is 0 Å². The normalized spacial score (nSPS) is 29.8.